The van der Waals surface area contributed by atoms with Gasteiger partial charge in [0.25, 0.3) is 11.4 Å². The van der Waals surface area contributed by atoms with Crippen LogP contribution in [0.4, 0.5) is 17.1 Å². The highest BCUT2D eigenvalue weighted by Gasteiger charge is 2.20. The van der Waals surface area contributed by atoms with Gasteiger partial charge in [-0.3, -0.25) is 29.6 Å². The van der Waals surface area contributed by atoms with Crippen molar-refractivity contribution in [3.05, 3.63) is 85.7 Å². The van der Waals surface area contributed by atoms with E-state index in [1.807, 2.05) is 53.9 Å². The third kappa shape index (κ3) is 8.60. The Morgan fingerprint density at radius 2 is 1.24 bits per heavy atom. The van der Waals surface area contributed by atoms with Crippen LogP contribution >= 0.6 is 0 Å². The molecule has 0 atom stereocenters. The standard InChI is InChI=1S/C35H39N7O4/c1-34(2,3)17-15-25-22-39(7)37-32(25)29-20-27(41(43)44)12-11-24(29)10-9-19-36-31-14-13-28(42(45)46)21-30(31)33-26(23-40(8)38-33)16-18-35(4,5)6/h11-14,20-23,36H,9-10,19H2,1-8H3. The lowest BCUT2D eigenvalue weighted by molar-refractivity contribution is -0.385. The summed E-state index contributed by atoms with van der Waals surface area (Å²) in [5, 5.41) is 36.0. The zero-order valence-electron chi connectivity index (χ0n) is 27.6. The van der Waals surface area contributed by atoms with E-state index in [1.165, 1.54) is 18.2 Å². The minimum atomic E-state index is -0.426. The summed E-state index contributed by atoms with van der Waals surface area (Å²) >= 11 is 0. The Morgan fingerprint density at radius 3 is 1.74 bits per heavy atom. The number of aryl methyl sites for hydroxylation is 3. The molecule has 0 bridgehead atoms. The number of nitro groups is 2. The summed E-state index contributed by atoms with van der Waals surface area (Å²) in [6.07, 6.45) is 4.89. The average molecular weight is 622 g/mol. The van der Waals surface area contributed by atoms with Crippen LogP contribution in [0.15, 0.2) is 48.8 Å². The molecule has 2 heterocycles. The van der Waals surface area contributed by atoms with E-state index in [-0.39, 0.29) is 22.2 Å². The summed E-state index contributed by atoms with van der Waals surface area (Å²) < 4.78 is 3.32. The fourth-order valence-corrected chi connectivity index (χ4v) is 4.68. The second-order valence-corrected chi connectivity index (χ2v) is 13.2. The van der Waals surface area contributed by atoms with E-state index in [4.69, 9.17) is 0 Å². The lowest BCUT2D eigenvalue weighted by Gasteiger charge is -2.13. The molecule has 1 N–H and O–H groups in total. The summed E-state index contributed by atoms with van der Waals surface area (Å²) in [5.74, 6) is 12.9. The first-order chi connectivity index (χ1) is 21.5. The molecular formula is C35H39N7O4. The second-order valence-electron chi connectivity index (χ2n) is 13.2. The van der Waals surface area contributed by atoms with Crippen LogP contribution in [0.25, 0.3) is 22.5 Å². The molecule has 0 fully saturated rings. The molecule has 0 radical (unpaired) electrons. The van der Waals surface area contributed by atoms with Crippen molar-refractivity contribution in [2.75, 3.05) is 11.9 Å². The molecule has 4 rings (SSSR count). The number of nitrogens with one attached hydrogen (secondary N) is 1. The highest BCUT2D eigenvalue weighted by molar-refractivity contribution is 5.81. The van der Waals surface area contributed by atoms with Crippen molar-refractivity contribution in [3.63, 3.8) is 0 Å². The van der Waals surface area contributed by atoms with Gasteiger partial charge >= 0.3 is 0 Å². The topological polar surface area (TPSA) is 134 Å². The van der Waals surface area contributed by atoms with Gasteiger partial charge in [0.1, 0.15) is 11.4 Å². The maximum Gasteiger partial charge on any atom is 0.270 e. The molecular weight excluding hydrogens is 582 g/mol. The Hall–Kier alpha value is -5.42. The highest BCUT2D eigenvalue weighted by atomic mass is 16.6. The molecule has 238 valence electrons. The van der Waals surface area contributed by atoms with Gasteiger partial charge in [-0.15, -0.1) is 0 Å². The lowest BCUT2D eigenvalue weighted by atomic mass is 9.95. The van der Waals surface area contributed by atoms with Crippen molar-refractivity contribution in [3.8, 4) is 46.2 Å². The molecule has 0 aliphatic rings. The van der Waals surface area contributed by atoms with Gasteiger partial charge in [0.05, 0.1) is 21.0 Å². The summed E-state index contributed by atoms with van der Waals surface area (Å²) in [6, 6.07) is 9.50. The Kier molecular flexibility index (Phi) is 9.67. The zero-order chi connectivity index (χ0) is 33.8. The molecule has 4 aromatic rings. The normalized spacial score (nSPS) is 11.3. The first-order valence-corrected chi connectivity index (χ1v) is 14.9. The molecule has 46 heavy (non-hydrogen) atoms. The largest absolute Gasteiger partial charge is 0.384 e. The molecule has 0 spiro atoms. The molecule has 11 heteroatoms. The van der Waals surface area contributed by atoms with Crippen LogP contribution in [0.1, 0.15) is 64.7 Å². The highest BCUT2D eigenvalue weighted by Crippen LogP contribution is 2.34. The van der Waals surface area contributed by atoms with E-state index >= 15 is 0 Å². The van der Waals surface area contributed by atoms with Crippen molar-refractivity contribution in [1.82, 2.24) is 19.6 Å². The van der Waals surface area contributed by atoms with Crippen molar-refractivity contribution >= 4 is 17.1 Å². The maximum absolute atomic E-state index is 11.7. The quantitative estimate of drug-likeness (QED) is 0.0908. The number of hydrogen-bond acceptors (Lipinski definition) is 7. The summed E-state index contributed by atoms with van der Waals surface area (Å²) in [7, 11) is 3.59. The summed E-state index contributed by atoms with van der Waals surface area (Å²) in [5.41, 5.74) is 4.86. The van der Waals surface area contributed by atoms with Gasteiger partial charge in [-0.05, 0) is 66.0 Å². The average Bonchev–Trinajstić information content (AvgIpc) is 3.53. The van der Waals surface area contributed by atoms with Gasteiger partial charge in [-0.1, -0.05) is 29.7 Å². The van der Waals surface area contributed by atoms with Gasteiger partial charge in [-0.25, -0.2) is 0 Å². The summed E-state index contributed by atoms with van der Waals surface area (Å²) in [6.45, 7) is 12.6. The van der Waals surface area contributed by atoms with Crippen molar-refractivity contribution < 1.29 is 9.85 Å². The van der Waals surface area contributed by atoms with Crippen molar-refractivity contribution in [2.24, 2.45) is 24.9 Å². The van der Waals surface area contributed by atoms with Gasteiger partial charge in [-0.2, -0.15) is 10.2 Å². The van der Waals surface area contributed by atoms with E-state index in [9.17, 15) is 20.2 Å². The SMILES string of the molecule is Cn1cc(C#CC(C)(C)C)c(-c2cc([N+](=O)[O-])ccc2CCCNc2ccc([N+](=O)[O-])cc2-c2nn(C)cc2C#CC(C)(C)C)n1. The van der Waals surface area contributed by atoms with E-state index in [1.54, 1.807) is 41.7 Å². The van der Waals surface area contributed by atoms with Crippen LogP contribution in [-0.4, -0.2) is 36.0 Å². The van der Waals surface area contributed by atoms with Crippen LogP contribution in [0.2, 0.25) is 0 Å². The molecule has 0 amide bonds. The Balaban J connectivity index is 1.63. The number of aromatic nitrogens is 4. The number of nitro benzene ring substituents is 2. The fraction of sp³-hybridized carbons (Fsp3) is 0.371. The van der Waals surface area contributed by atoms with E-state index < -0.39 is 9.85 Å². The van der Waals surface area contributed by atoms with E-state index in [0.717, 1.165) is 5.56 Å². The third-order valence-corrected chi connectivity index (χ3v) is 6.77. The molecule has 2 aromatic heterocycles. The maximum atomic E-state index is 11.7. The third-order valence-electron chi connectivity index (χ3n) is 6.77. The van der Waals surface area contributed by atoms with E-state index in [0.29, 0.717) is 58.7 Å². The molecule has 11 nitrogen and oxygen atoms in total. The predicted molar refractivity (Wildman–Crippen MR) is 180 cm³/mol. The predicted octanol–water partition coefficient (Wildman–Crippen LogP) is 7.14. The van der Waals surface area contributed by atoms with Crippen molar-refractivity contribution in [2.45, 2.75) is 54.4 Å². The molecule has 0 aliphatic heterocycles. The van der Waals surface area contributed by atoms with Crippen LogP contribution in [0.3, 0.4) is 0 Å². The fourth-order valence-electron chi connectivity index (χ4n) is 4.68. The smallest absolute Gasteiger partial charge is 0.270 e. The minimum absolute atomic E-state index is 0.0199. The number of benzene rings is 2. The Bertz CT molecular complexity index is 1780. The number of hydrogen-bond donors (Lipinski definition) is 1. The molecule has 0 saturated carbocycles. The van der Waals surface area contributed by atoms with Gasteiger partial charge in [0, 0.05) is 84.9 Å². The first kappa shape index (κ1) is 33.5. The van der Waals surface area contributed by atoms with Crippen LogP contribution < -0.4 is 5.32 Å². The Morgan fingerprint density at radius 1 is 0.761 bits per heavy atom. The number of rotatable bonds is 9. The second kappa shape index (κ2) is 13.3. The lowest BCUT2D eigenvalue weighted by Crippen LogP contribution is -2.06. The van der Waals surface area contributed by atoms with Crippen LogP contribution in [0.5, 0.6) is 0 Å². The van der Waals surface area contributed by atoms with E-state index in [2.05, 4.69) is 39.2 Å². The number of nitrogens with zero attached hydrogens (tertiary/aromatic N) is 6. The first-order valence-electron chi connectivity index (χ1n) is 14.9. The molecule has 0 unspecified atom stereocenters. The monoisotopic (exact) mass is 621 g/mol. The number of anilines is 1. The summed E-state index contributed by atoms with van der Waals surface area (Å²) in [4.78, 5) is 22.5. The van der Waals surface area contributed by atoms with Gasteiger partial charge in [0.15, 0.2) is 0 Å². The minimum Gasteiger partial charge on any atom is -0.384 e. The van der Waals surface area contributed by atoms with Crippen LogP contribution in [0, 0.1) is 54.7 Å². The molecule has 0 saturated heterocycles. The van der Waals surface area contributed by atoms with Crippen molar-refractivity contribution in [1.29, 1.82) is 0 Å². The Labute approximate surface area is 269 Å². The molecule has 2 aromatic carbocycles. The zero-order valence-corrected chi connectivity index (χ0v) is 27.6. The van der Waals surface area contributed by atoms with Gasteiger partial charge < -0.3 is 5.32 Å². The number of non-ortho nitro benzene ring substituents is 2. The molecule has 0 aliphatic carbocycles. The van der Waals surface area contributed by atoms with Gasteiger partial charge in [0.2, 0.25) is 0 Å². The van der Waals surface area contributed by atoms with Crippen LogP contribution in [-0.2, 0) is 20.5 Å².